The SMILES string of the molecule is CC(=O)Cc1nc2ccc(-c3cn(C)nc3-c3ccc(F)cc3)nn2c1C.Cc1c(CC(=O)c2ccccc2)nc2ccc(-c3cn(C)nc3-c3ccc(F)cc3)nn12.Cc1c(N)nc2ccc(-c3cn(C)nc3-c3ccc(F)cc3)nn12.Cc1c(NC(=O)C(F)(F)F)nc2ccc(Cl)nn12.Cc1ccc(S(=O)(=O)N=C2C=CC(Cl)=NC2)cc1.Cn1cc(B2OC(C)(C)C(C)(C)O2)c(-c2ccc(F)cc2)n1.Nc1ccc(Cl)nn1. The predicted molar refractivity (Wildman–Crippen MR) is 556 cm³/mol. The maximum atomic E-state index is 13.4. The molecule has 762 valence electrons. The number of aromatic nitrogens is 22. The fourth-order valence-corrected chi connectivity index (χ4v) is 16.5. The summed E-state index contributed by atoms with van der Waals surface area (Å²) < 4.78 is 143. The molecule has 19 aromatic rings. The highest BCUT2D eigenvalue weighted by Gasteiger charge is 2.53. The molecule has 15 heterocycles. The second-order valence-electron chi connectivity index (χ2n) is 35.1. The van der Waals surface area contributed by atoms with Gasteiger partial charge in [0.15, 0.2) is 39.3 Å². The number of carbonyl (C=O) groups is 3. The first kappa shape index (κ1) is 107. The average Bonchev–Trinajstić information content (AvgIpc) is 1.60. The first-order chi connectivity index (χ1) is 70.7. The molecule has 1 amide bonds. The maximum absolute atomic E-state index is 13.4. The number of fused-ring (bicyclic) bond motifs is 4. The summed E-state index contributed by atoms with van der Waals surface area (Å²) in [5, 5.41) is 45.5. The zero-order chi connectivity index (χ0) is 107. The van der Waals surface area contributed by atoms with Gasteiger partial charge < -0.3 is 26.1 Å². The van der Waals surface area contributed by atoms with Crippen molar-refractivity contribution in [3.05, 3.63) is 328 Å². The Morgan fingerprint density at radius 2 is 0.872 bits per heavy atom. The second-order valence-corrected chi connectivity index (χ2v) is 37.9. The van der Waals surface area contributed by atoms with Crippen molar-refractivity contribution in [3.63, 3.8) is 0 Å². The highest BCUT2D eigenvalue weighted by Crippen LogP contribution is 2.39. The molecule has 0 atom stereocenters. The lowest BCUT2D eigenvalue weighted by molar-refractivity contribution is -0.167. The monoisotopic (exact) mass is 2100 g/mol. The molecular weight excluding hydrogens is 2010 g/mol. The van der Waals surface area contributed by atoms with Crippen LogP contribution in [0.5, 0.6) is 0 Å². The summed E-state index contributed by atoms with van der Waals surface area (Å²) >= 11 is 16.7. The van der Waals surface area contributed by atoms with Crippen molar-refractivity contribution < 1.29 is 62.8 Å². The molecule has 0 bridgehead atoms. The summed E-state index contributed by atoms with van der Waals surface area (Å²) in [4.78, 5) is 56.2. The normalized spacial score (nSPS) is 13.2. The standard InChI is InChI=1S/C25H20FN5O.C20H18FN5O.C17H15FN6.C16H20BFN2O2.C12H11ClN2O2S.C9H6ClF3N4O.C4H4ClN3/c1-16-22(14-23(32)17-6-4-3-5-7-17)27-24-13-12-21(28-31(16)24)20-15-30(2)29-25(20)18-8-10-19(26)11-9-18;1-12(27)10-18-13(2)26-19(22-18)9-8-17(23-26)16-11-25(3)24-20(16)14-4-6-15(21)7-5-14;1-10-17(19)20-15-8-7-14(21-24(10)15)13-9-23(2)22-16(13)11-3-5-12(18)6-4-11;1-15(2)16(3,4)22-17(21-15)13-10-20(5)19-14(13)11-6-8-12(18)9-7-11;1-9-2-5-11(6-3-9)18(16,17)15-10-4-7-12(13)14-8-10;1-4-7(15-8(18)9(11,12)13)14-6-3-2-5(10)16-17(4)6;5-3-1-2-4(6)8-7-3/h3-13,15H,14H2,1-2H3;4-9,11H,10H2,1-3H3;3-9H,19H2,1-2H3;6-10H,1-5H3;2-7H,8H2,1H3;2-3H,1H3,(H,15,18);1-2H,(H2,6,8). The van der Waals surface area contributed by atoms with Crippen LogP contribution in [0.4, 0.5) is 48.2 Å². The van der Waals surface area contributed by atoms with E-state index in [0.29, 0.717) is 61.6 Å². The van der Waals surface area contributed by atoms with Crippen molar-refractivity contribution in [1.29, 1.82) is 0 Å². The lowest BCUT2D eigenvalue weighted by atomic mass is 9.78. The van der Waals surface area contributed by atoms with E-state index in [1.165, 1.54) is 90.3 Å². The summed E-state index contributed by atoms with van der Waals surface area (Å²) in [6.07, 6.45) is 6.17. The molecule has 1 fully saturated rings. The summed E-state index contributed by atoms with van der Waals surface area (Å²) in [7, 11) is 3.21. The van der Waals surface area contributed by atoms with Crippen LogP contribution in [0.3, 0.4) is 0 Å². The summed E-state index contributed by atoms with van der Waals surface area (Å²) in [5.74, 6) is -2.49. The van der Waals surface area contributed by atoms with Crippen LogP contribution in [0.2, 0.25) is 10.3 Å². The zero-order valence-corrected chi connectivity index (χ0v) is 85.4. The van der Waals surface area contributed by atoms with Crippen molar-refractivity contribution in [2.45, 2.75) is 104 Å². The number of dihydropyridines is 1. The van der Waals surface area contributed by atoms with Gasteiger partial charge in [-0.2, -0.15) is 66.8 Å². The first-order valence-corrected chi connectivity index (χ1v) is 48.1. The van der Waals surface area contributed by atoms with Crippen LogP contribution in [0, 0.1) is 57.9 Å². The number of ketones is 2. The largest absolute Gasteiger partial charge is 0.498 e. The summed E-state index contributed by atoms with van der Waals surface area (Å²) in [6, 6.07) is 58.1. The third kappa shape index (κ3) is 25.6. The number of sulfonamides is 1. The predicted octanol–water partition coefficient (Wildman–Crippen LogP) is 18.6. The number of aliphatic imine (C=N–C) groups is 1. The van der Waals surface area contributed by atoms with Crippen molar-refractivity contribution in [2.75, 3.05) is 23.3 Å². The number of hydrogen-bond acceptors (Lipinski definition) is 24. The van der Waals surface area contributed by atoms with Gasteiger partial charge in [-0.05, 0) is 251 Å². The van der Waals surface area contributed by atoms with Gasteiger partial charge >= 0.3 is 19.2 Å². The van der Waals surface area contributed by atoms with E-state index in [9.17, 15) is 53.5 Å². The van der Waals surface area contributed by atoms with Crippen LogP contribution in [0.15, 0.2) is 264 Å². The number of halogens is 10. The number of imidazole rings is 4. The van der Waals surface area contributed by atoms with Crippen molar-refractivity contribution in [3.8, 4) is 78.8 Å². The van der Waals surface area contributed by atoms with Crippen molar-refractivity contribution in [2.24, 2.45) is 37.6 Å². The van der Waals surface area contributed by atoms with Gasteiger partial charge in [-0.15, -0.1) is 10.2 Å². The minimum Gasteiger partial charge on any atom is -0.399 e. The molecule has 0 saturated carbocycles. The van der Waals surface area contributed by atoms with Gasteiger partial charge in [0.1, 0.15) is 68.1 Å². The third-order valence-electron chi connectivity index (χ3n) is 23.5. The van der Waals surface area contributed by atoms with Crippen LogP contribution >= 0.6 is 34.8 Å². The Balaban J connectivity index is 0.000000133. The first-order valence-electron chi connectivity index (χ1n) is 45.6. The number of allylic oxidation sites excluding steroid dienone is 1. The van der Waals surface area contributed by atoms with E-state index in [4.69, 9.17) is 65.8 Å². The molecule has 2 aliphatic heterocycles. The molecule has 46 heteroatoms. The Hall–Kier alpha value is -16.5. The number of nitrogens with two attached hydrogens (primary N) is 2. The minimum absolute atomic E-state index is 0.0168. The van der Waals surface area contributed by atoms with E-state index >= 15 is 0 Å². The van der Waals surface area contributed by atoms with E-state index in [1.54, 1.807) is 123 Å². The molecular formula is C103H94BCl3F7N27O7S. The molecule has 0 radical (unpaired) electrons. The smallest absolute Gasteiger partial charge is 0.399 e. The Labute approximate surface area is 863 Å². The van der Waals surface area contributed by atoms with E-state index in [2.05, 4.69) is 70.1 Å². The number of carbonyl (C=O) groups excluding carboxylic acids is 3. The lowest BCUT2D eigenvalue weighted by Gasteiger charge is -2.32. The molecule has 149 heavy (non-hydrogen) atoms. The van der Waals surface area contributed by atoms with Crippen LogP contribution in [-0.2, 0) is 70.0 Å². The third-order valence-corrected chi connectivity index (χ3v) is 25.5. The number of alkyl halides is 3. The number of aryl methyl sites for hydroxylation is 9. The van der Waals surface area contributed by atoms with Crippen LogP contribution < -0.4 is 22.2 Å². The maximum Gasteiger partial charge on any atom is 0.498 e. The van der Waals surface area contributed by atoms with E-state index < -0.39 is 40.4 Å². The summed E-state index contributed by atoms with van der Waals surface area (Å²) in [6.45, 7) is 18.8. The number of anilines is 3. The number of Topliss-reactive ketones (excluding diaryl/α,β-unsaturated/α-hetero) is 2. The van der Waals surface area contributed by atoms with Crippen molar-refractivity contribution >= 4 is 126 Å². The molecule has 13 aromatic heterocycles. The Bertz CT molecular complexity index is 8370. The zero-order valence-electron chi connectivity index (χ0n) is 82.3. The highest BCUT2D eigenvalue weighted by molar-refractivity contribution is 7.90. The molecule has 1 saturated heterocycles. The molecule has 0 aliphatic carbocycles. The van der Waals surface area contributed by atoms with Gasteiger partial charge in [-0.3, -0.25) is 38.1 Å². The van der Waals surface area contributed by atoms with E-state index in [0.717, 1.165) is 107 Å². The highest BCUT2D eigenvalue weighted by atomic mass is 35.5. The van der Waals surface area contributed by atoms with Gasteiger partial charge in [0, 0.05) is 103 Å². The fourth-order valence-electron chi connectivity index (χ4n) is 15.1. The molecule has 0 unspecified atom stereocenters. The number of nitrogen functional groups attached to an aromatic ring is 2. The molecule has 5 N–H and O–H groups in total. The molecule has 2 aliphatic rings. The Morgan fingerprint density at radius 3 is 1.30 bits per heavy atom. The van der Waals surface area contributed by atoms with Gasteiger partial charge in [-0.25, -0.2) is 55.6 Å². The quantitative estimate of drug-likeness (QED) is 0.0459. The summed E-state index contributed by atoms with van der Waals surface area (Å²) in [5.41, 5.74) is 30.6. The topological polar surface area (TPSA) is 410 Å². The van der Waals surface area contributed by atoms with Gasteiger partial charge in [0.05, 0.1) is 98.1 Å². The van der Waals surface area contributed by atoms with Crippen LogP contribution in [0.1, 0.15) is 84.7 Å². The van der Waals surface area contributed by atoms with Crippen LogP contribution in [0.25, 0.3) is 101 Å². The fraction of sp³-hybridized carbons (Fsp3) is 0.194. The number of nitrogens with zero attached hydrogens (tertiary/aromatic N) is 24. The number of rotatable bonds is 16. The average molecular weight is 2100 g/mol. The Morgan fingerprint density at radius 1 is 0.463 bits per heavy atom. The number of amides is 1. The molecule has 34 nitrogen and oxygen atoms in total. The Kier molecular flexibility index (Phi) is 32.1. The van der Waals surface area contributed by atoms with Crippen LogP contribution in [-0.4, -0.2) is 176 Å². The lowest BCUT2D eigenvalue weighted by Crippen LogP contribution is -2.41. The molecule has 0 spiro atoms. The van der Waals surface area contributed by atoms with Gasteiger partial charge in [0.25, 0.3) is 10.0 Å². The van der Waals surface area contributed by atoms with Gasteiger partial charge in [-0.1, -0.05) is 82.8 Å². The number of nitrogens with one attached hydrogen (secondary N) is 1. The molecule has 6 aromatic carbocycles. The van der Waals surface area contributed by atoms with E-state index in [-0.39, 0.29) is 81.4 Å². The molecule has 21 rings (SSSR count). The van der Waals surface area contributed by atoms with Gasteiger partial charge in [0.2, 0.25) is 0 Å². The second kappa shape index (κ2) is 44.8. The minimum atomic E-state index is -4.96. The number of benzene rings is 6. The van der Waals surface area contributed by atoms with Crippen molar-refractivity contribution in [1.82, 2.24) is 108 Å². The number of hydrogen-bond donors (Lipinski definition) is 3. The van der Waals surface area contributed by atoms with E-state index in [1.807, 2.05) is 175 Å².